The molecule has 1 atom stereocenters. The van der Waals surface area contributed by atoms with E-state index >= 15 is 0 Å². The molecule has 0 aromatic heterocycles. The molecule has 0 aliphatic rings. The van der Waals surface area contributed by atoms with E-state index in [9.17, 15) is 9.18 Å². The van der Waals surface area contributed by atoms with Gasteiger partial charge in [-0.1, -0.05) is 17.7 Å². The zero-order chi connectivity index (χ0) is 12.8. The lowest BCUT2D eigenvalue weighted by molar-refractivity contribution is -0.140. The summed E-state index contributed by atoms with van der Waals surface area (Å²) in [7, 11) is 1.32. The number of halogens is 2. The van der Waals surface area contributed by atoms with Crippen LogP contribution >= 0.6 is 11.6 Å². The Kier molecular flexibility index (Phi) is 5.38. The monoisotopic (exact) mass is 259 g/mol. The average molecular weight is 260 g/mol. The highest BCUT2D eigenvalue weighted by atomic mass is 35.5. The molecule has 5 heteroatoms. The van der Waals surface area contributed by atoms with Crippen LogP contribution in [-0.2, 0) is 16.0 Å². The van der Waals surface area contributed by atoms with Gasteiger partial charge in [0.05, 0.1) is 7.11 Å². The fourth-order valence-corrected chi connectivity index (χ4v) is 1.74. The molecule has 0 aliphatic carbocycles. The number of hydrogen-bond donors (Lipinski definition) is 1. The summed E-state index contributed by atoms with van der Waals surface area (Å²) in [5, 5.41) is 0.360. The highest BCUT2D eigenvalue weighted by Gasteiger charge is 2.13. The van der Waals surface area contributed by atoms with E-state index in [-0.39, 0.29) is 24.2 Å². The molecule has 0 amide bonds. The minimum absolute atomic E-state index is 0.226. The van der Waals surface area contributed by atoms with Crippen molar-refractivity contribution in [2.45, 2.75) is 25.3 Å². The Labute approximate surface area is 105 Å². The van der Waals surface area contributed by atoms with Gasteiger partial charge in [0, 0.05) is 23.0 Å². The summed E-state index contributed by atoms with van der Waals surface area (Å²) >= 11 is 5.88. The standard InChI is InChI=1S/C12H15ClFNO2/c1-17-12(16)6-5-8(15)7-9-10(13)3-2-4-11(9)14/h2-4,8H,5-7,15H2,1H3. The molecular formula is C12H15ClFNO2. The first-order valence-corrected chi connectivity index (χ1v) is 5.67. The van der Waals surface area contributed by atoms with Gasteiger partial charge in [0.1, 0.15) is 5.82 Å². The zero-order valence-corrected chi connectivity index (χ0v) is 10.3. The second kappa shape index (κ2) is 6.57. The lowest BCUT2D eigenvalue weighted by Gasteiger charge is -2.12. The van der Waals surface area contributed by atoms with Crippen molar-refractivity contribution in [3.8, 4) is 0 Å². The Bertz CT molecular complexity index is 378. The van der Waals surface area contributed by atoms with Crippen molar-refractivity contribution in [2.75, 3.05) is 7.11 Å². The molecule has 0 bridgehead atoms. The second-order valence-corrected chi connectivity index (χ2v) is 4.19. The number of hydrogen-bond acceptors (Lipinski definition) is 3. The van der Waals surface area contributed by atoms with Crippen molar-refractivity contribution in [3.05, 3.63) is 34.6 Å². The van der Waals surface area contributed by atoms with Crippen LogP contribution in [0.25, 0.3) is 0 Å². The summed E-state index contributed by atoms with van der Waals surface area (Å²) in [5.41, 5.74) is 6.21. The van der Waals surface area contributed by atoms with E-state index < -0.39 is 0 Å². The van der Waals surface area contributed by atoms with Crippen LogP contribution in [0.1, 0.15) is 18.4 Å². The van der Waals surface area contributed by atoms with Gasteiger partial charge >= 0.3 is 5.97 Å². The number of carbonyl (C=O) groups is 1. The number of ether oxygens (including phenoxy) is 1. The molecule has 1 aromatic carbocycles. The predicted molar refractivity (Wildman–Crippen MR) is 64.3 cm³/mol. The molecule has 0 spiro atoms. The van der Waals surface area contributed by atoms with Gasteiger partial charge < -0.3 is 10.5 Å². The Morgan fingerprint density at radius 3 is 2.88 bits per heavy atom. The molecule has 0 radical (unpaired) electrons. The fraction of sp³-hybridized carbons (Fsp3) is 0.417. The number of esters is 1. The molecule has 17 heavy (non-hydrogen) atoms. The van der Waals surface area contributed by atoms with Crippen molar-refractivity contribution in [1.82, 2.24) is 0 Å². The first kappa shape index (κ1) is 13.9. The third kappa shape index (κ3) is 4.32. The largest absolute Gasteiger partial charge is 0.469 e. The molecule has 2 N–H and O–H groups in total. The van der Waals surface area contributed by atoms with Gasteiger partial charge in [-0.15, -0.1) is 0 Å². The van der Waals surface area contributed by atoms with Crippen molar-refractivity contribution in [3.63, 3.8) is 0 Å². The molecule has 94 valence electrons. The van der Waals surface area contributed by atoms with Crippen molar-refractivity contribution in [2.24, 2.45) is 5.73 Å². The van der Waals surface area contributed by atoms with Gasteiger partial charge in [0.15, 0.2) is 0 Å². The van der Waals surface area contributed by atoms with Crippen molar-refractivity contribution >= 4 is 17.6 Å². The molecule has 1 aromatic rings. The SMILES string of the molecule is COC(=O)CCC(N)Cc1c(F)cccc1Cl. The minimum atomic E-state index is -0.369. The van der Waals surface area contributed by atoms with Gasteiger partial charge in [0.2, 0.25) is 0 Å². The summed E-state index contributed by atoms with van der Waals surface area (Å²) in [6.07, 6.45) is 0.976. The summed E-state index contributed by atoms with van der Waals surface area (Å²) in [6.45, 7) is 0. The minimum Gasteiger partial charge on any atom is -0.469 e. The fourth-order valence-electron chi connectivity index (χ4n) is 1.50. The van der Waals surface area contributed by atoms with Crippen molar-refractivity contribution < 1.29 is 13.9 Å². The Hall–Kier alpha value is -1.13. The number of carbonyl (C=O) groups excluding carboxylic acids is 1. The molecular weight excluding hydrogens is 245 g/mol. The molecule has 1 rings (SSSR count). The summed E-state index contributed by atoms with van der Waals surface area (Å²) in [6, 6.07) is 4.19. The van der Waals surface area contributed by atoms with Gasteiger partial charge in [-0.05, 0) is 25.0 Å². The van der Waals surface area contributed by atoms with Crippen LogP contribution < -0.4 is 5.73 Å². The Balaban J connectivity index is 2.56. The Morgan fingerprint density at radius 2 is 2.29 bits per heavy atom. The normalized spacial score (nSPS) is 12.2. The third-order valence-corrected chi connectivity index (χ3v) is 2.83. The zero-order valence-electron chi connectivity index (χ0n) is 9.58. The van der Waals surface area contributed by atoms with Crippen LogP contribution in [0.5, 0.6) is 0 Å². The van der Waals surface area contributed by atoms with E-state index in [4.69, 9.17) is 17.3 Å². The van der Waals surface area contributed by atoms with Gasteiger partial charge in [0.25, 0.3) is 0 Å². The second-order valence-electron chi connectivity index (χ2n) is 3.78. The maximum Gasteiger partial charge on any atom is 0.305 e. The van der Waals surface area contributed by atoms with Crippen LogP contribution in [0.3, 0.4) is 0 Å². The number of rotatable bonds is 5. The summed E-state index contributed by atoms with van der Waals surface area (Å²) < 4.78 is 17.9. The van der Waals surface area contributed by atoms with Gasteiger partial charge in [-0.25, -0.2) is 4.39 Å². The van der Waals surface area contributed by atoms with E-state index in [0.29, 0.717) is 23.4 Å². The van der Waals surface area contributed by atoms with Crippen LogP contribution in [-0.4, -0.2) is 19.1 Å². The lowest BCUT2D eigenvalue weighted by Crippen LogP contribution is -2.24. The van der Waals surface area contributed by atoms with E-state index in [2.05, 4.69) is 4.74 Å². The molecule has 0 heterocycles. The maximum atomic E-state index is 13.4. The summed E-state index contributed by atoms with van der Waals surface area (Å²) in [4.78, 5) is 10.9. The van der Waals surface area contributed by atoms with Crippen LogP contribution in [0.15, 0.2) is 18.2 Å². The van der Waals surface area contributed by atoms with E-state index in [1.54, 1.807) is 12.1 Å². The van der Waals surface area contributed by atoms with Gasteiger partial charge in [-0.3, -0.25) is 4.79 Å². The molecule has 0 aliphatic heterocycles. The Morgan fingerprint density at radius 1 is 1.59 bits per heavy atom. The molecule has 3 nitrogen and oxygen atoms in total. The van der Waals surface area contributed by atoms with Crippen LogP contribution in [0.4, 0.5) is 4.39 Å². The predicted octanol–water partition coefficient (Wildman–Crippen LogP) is 2.30. The smallest absolute Gasteiger partial charge is 0.305 e. The highest BCUT2D eigenvalue weighted by molar-refractivity contribution is 6.31. The summed E-state index contributed by atoms with van der Waals surface area (Å²) in [5.74, 6) is -0.689. The number of benzene rings is 1. The topological polar surface area (TPSA) is 52.3 Å². The number of methoxy groups -OCH3 is 1. The molecule has 0 fully saturated rings. The van der Waals surface area contributed by atoms with E-state index in [0.717, 1.165) is 0 Å². The lowest BCUT2D eigenvalue weighted by atomic mass is 10.0. The van der Waals surface area contributed by atoms with Gasteiger partial charge in [-0.2, -0.15) is 0 Å². The van der Waals surface area contributed by atoms with Crippen LogP contribution in [0.2, 0.25) is 5.02 Å². The quantitative estimate of drug-likeness (QED) is 0.826. The average Bonchev–Trinajstić information content (AvgIpc) is 2.31. The molecule has 1 unspecified atom stereocenters. The maximum absolute atomic E-state index is 13.4. The number of nitrogens with two attached hydrogens (primary N) is 1. The first-order valence-electron chi connectivity index (χ1n) is 5.30. The van der Waals surface area contributed by atoms with Crippen molar-refractivity contribution in [1.29, 1.82) is 0 Å². The van der Waals surface area contributed by atoms with E-state index in [1.165, 1.54) is 13.2 Å². The van der Waals surface area contributed by atoms with E-state index in [1.807, 2.05) is 0 Å². The highest BCUT2D eigenvalue weighted by Crippen LogP contribution is 2.20. The molecule has 0 saturated carbocycles. The third-order valence-electron chi connectivity index (χ3n) is 2.47. The first-order chi connectivity index (χ1) is 8.04. The van der Waals surface area contributed by atoms with Crippen LogP contribution in [0, 0.1) is 5.82 Å². The molecule has 0 saturated heterocycles.